The standard InChI is InChI=1S/C19H22N6O3/c1-11-2-4-15(12-3-5-16(20)23-8-12)25(10-11)19(28)18(27)24-14-6-13(17(21)26)7-22-9-14/h3,5-9,11,15H,2,4,10H2,1H3,(H2,20,23)(H2,21,26)(H,24,27). The summed E-state index contributed by atoms with van der Waals surface area (Å²) in [5.41, 5.74) is 12.1. The van der Waals surface area contributed by atoms with Crippen LogP contribution < -0.4 is 16.8 Å². The smallest absolute Gasteiger partial charge is 0.313 e. The van der Waals surface area contributed by atoms with E-state index in [0.29, 0.717) is 12.4 Å². The SMILES string of the molecule is CC1CCC(c2ccc(N)nc2)N(C(=O)C(=O)Nc2cncc(C(N)=O)c2)C1. The summed E-state index contributed by atoms with van der Waals surface area (Å²) in [6.45, 7) is 2.50. The van der Waals surface area contributed by atoms with Gasteiger partial charge in [-0.1, -0.05) is 13.0 Å². The summed E-state index contributed by atoms with van der Waals surface area (Å²) in [6.07, 6.45) is 5.93. The zero-order chi connectivity index (χ0) is 20.3. The van der Waals surface area contributed by atoms with Crippen molar-refractivity contribution >= 4 is 29.2 Å². The lowest BCUT2D eigenvalue weighted by molar-refractivity contribution is -0.146. The maximum atomic E-state index is 12.9. The number of anilines is 2. The molecule has 0 aromatic carbocycles. The van der Waals surface area contributed by atoms with Crippen LogP contribution in [0, 0.1) is 5.92 Å². The zero-order valence-corrected chi connectivity index (χ0v) is 15.5. The van der Waals surface area contributed by atoms with Gasteiger partial charge in [0.1, 0.15) is 5.82 Å². The van der Waals surface area contributed by atoms with Crippen molar-refractivity contribution in [3.05, 3.63) is 47.9 Å². The van der Waals surface area contributed by atoms with E-state index >= 15 is 0 Å². The number of hydrogen-bond donors (Lipinski definition) is 3. The molecule has 0 spiro atoms. The fourth-order valence-electron chi connectivity index (χ4n) is 3.30. The molecule has 2 aromatic rings. The van der Waals surface area contributed by atoms with Crippen molar-refractivity contribution in [3.63, 3.8) is 0 Å². The Morgan fingerprint density at radius 3 is 2.64 bits per heavy atom. The van der Waals surface area contributed by atoms with Crippen molar-refractivity contribution < 1.29 is 14.4 Å². The van der Waals surface area contributed by atoms with Gasteiger partial charge in [-0.15, -0.1) is 0 Å². The molecule has 3 heterocycles. The Kier molecular flexibility index (Phi) is 5.53. The highest BCUT2D eigenvalue weighted by Crippen LogP contribution is 2.33. The molecule has 0 bridgehead atoms. The molecule has 2 unspecified atom stereocenters. The lowest BCUT2D eigenvalue weighted by atomic mass is 9.90. The van der Waals surface area contributed by atoms with Gasteiger partial charge in [0, 0.05) is 18.9 Å². The number of nitrogens with one attached hydrogen (secondary N) is 1. The van der Waals surface area contributed by atoms with Gasteiger partial charge in [0.2, 0.25) is 5.91 Å². The average Bonchev–Trinajstić information content (AvgIpc) is 2.68. The highest BCUT2D eigenvalue weighted by molar-refractivity contribution is 6.39. The van der Waals surface area contributed by atoms with Crippen LogP contribution in [-0.4, -0.2) is 39.1 Å². The normalized spacial score (nSPS) is 19.1. The summed E-state index contributed by atoms with van der Waals surface area (Å²) >= 11 is 0. The number of hydrogen-bond acceptors (Lipinski definition) is 6. The number of primary amides is 1. The molecular weight excluding hydrogens is 360 g/mol. The Labute approximate surface area is 162 Å². The van der Waals surface area contributed by atoms with E-state index < -0.39 is 17.7 Å². The Hall–Kier alpha value is -3.49. The van der Waals surface area contributed by atoms with Gasteiger partial charge in [-0.05, 0) is 36.5 Å². The summed E-state index contributed by atoms with van der Waals surface area (Å²) in [6, 6.07) is 4.62. The number of carbonyl (C=O) groups excluding carboxylic acids is 3. The van der Waals surface area contributed by atoms with E-state index in [-0.39, 0.29) is 23.2 Å². The van der Waals surface area contributed by atoms with Crippen LogP contribution in [0.15, 0.2) is 36.8 Å². The molecule has 5 N–H and O–H groups in total. The second-order valence-corrected chi connectivity index (χ2v) is 6.95. The van der Waals surface area contributed by atoms with E-state index in [1.54, 1.807) is 17.2 Å². The fourth-order valence-corrected chi connectivity index (χ4v) is 3.30. The summed E-state index contributed by atoms with van der Waals surface area (Å²) in [5, 5.41) is 2.49. The van der Waals surface area contributed by atoms with Gasteiger partial charge in [0.05, 0.1) is 23.5 Å². The van der Waals surface area contributed by atoms with E-state index in [2.05, 4.69) is 15.3 Å². The Bertz CT molecular complexity index is 899. The molecule has 3 rings (SSSR count). The van der Waals surface area contributed by atoms with Crippen LogP contribution in [0.4, 0.5) is 11.5 Å². The topological polar surface area (TPSA) is 144 Å². The van der Waals surface area contributed by atoms with Gasteiger partial charge >= 0.3 is 11.8 Å². The highest BCUT2D eigenvalue weighted by Gasteiger charge is 2.34. The number of nitrogens with zero attached hydrogens (tertiary/aromatic N) is 3. The van der Waals surface area contributed by atoms with Crippen LogP contribution in [0.25, 0.3) is 0 Å². The number of carbonyl (C=O) groups is 3. The van der Waals surface area contributed by atoms with Crippen molar-refractivity contribution in [2.75, 3.05) is 17.6 Å². The third-order valence-corrected chi connectivity index (χ3v) is 4.75. The van der Waals surface area contributed by atoms with Gasteiger partial charge < -0.3 is 21.7 Å². The van der Waals surface area contributed by atoms with Crippen LogP contribution in [0.2, 0.25) is 0 Å². The zero-order valence-electron chi connectivity index (χ0n) is 15.5. The molecule has 2 atom stereocenters. The fraction of sp³-hybridized carbons (Fsp3) is 0.316. The van der Waals surface area contributed by atoms with E-state index in [4.69, 9.17) is 11.5 Å². The number of nitrogens with two attached hydrogens (primary N) is 2. The third kappa shape index (κ3) is 4.25. The van der Waals surface area contributed by atoms with Gasteiger partial charge in [0.15, 0.2) is 0 Å². The summed E-state index contributed by atoms with van der Waals surface area (Å²) in [4.78, 5) is 46.2. The number of rotatable bonds is 3. The first kappa shape index (κ1) is 19.3. The average molecular weight is 382 g/mol. The minimum Gasteiger partial charge on any atom is -0.384 e. The summed E-state index contributed by atoms with van der Waals surface area (Å²) in [5.74, 6) is -1.46. The molecular formula is C19H22N6O3. The molecule has 9 nitrogen and oxygen atoms in total. The molecule has 1 aliphatic rings. The minimum atomic E-state index is -0.800. The highest BCUT2D eigenvalue weighted by atomic mass is 16.2. The number of pyridine rings is 2. The van der Waals surface area contributed by atoms with Crippen LogP contribution >= 0.6 is 0 Å². The van der Waals surface area contributed by atoms with Crippen LogP contribution in [0.3, 0.4) is 0 Å². The molecule has 0 aliphatic carbocycles. The number of piperidine rings is 1. The van der Waals surface area contributed by atoms with Crippen LogP contribution in [-0.2, 0) is 9.59 Å². The molecule has 0 radical (unpaired) electrons. The van der Waals surface area contributed by atoms with Crippen molar-refractivity contribution in [2.24, 2.45) is 11.7 Å². The maximum Gasteiger partial charge on any atom is 0.313 e. The molecule has 146 valence electrons. The van der Waals surface area contributed by atoms with Crippen molar-refractivity contribution in [3.8, 4) is 0 Å². The Morgan fingerprint density at radius 2 is 1.96 bits per heavy atom. The first-order valence-corrected chi connectivity index (χ1v) is 8.93. The molecule has 3 amide bonds. The van der Waals surface area contributed by atoms with Gasteiger partial charge in [-0.25, -0.2) is 4.98 Å². The van der Waals surface area contributed by atoms with Gasteiger partial charge in [-0.2, -0.15) is 0 Å². The van der Waals surface area contributed by atoms with Gasteiger partial charge in [0.25, 0.3) is 0 Å². The number of likely N-dealkylation sites (tertiary alicyclic amines) is 1. The summed E-state index contributed by atoms with van der Waals surface area (Å²) < 4.78 is 0. The van der Waals surface area contributed by atoms with Crippen LogP contribution in [0.5, 0.6) is 0 Å². The largest absolute Gasteiger partial charge is 0.384 e. The number of aromatic nitrogens is 2. The molecule has 9 heteroatoms. The molecule has 28 heavy (non-hydrogen) atoms. The Balaban J connectivity index is 1.79. The molecule has 1 saturated heterocycles. The monoisotopic (exact) mass is 382 g/mol. The first-order valence-electron chi connectivity index (χ1n) is 8.93. The van der Waals surface area contributed by atoms with E-state index in [1.165, 1.54) is 18.5 Å². The lowest BCUT2D eigenvalue weighted by Crippen LogP contribution is -2.46. The number of nitrogen functional groups attached to an aromatic ring is 1. The minimum absolute atomic E-state index is 0.141. The third-order valence-electron chi connectivity index (χ3n) is 4.75. The van der Waals surface area contributed by atoms with Crippen molar-refractivity contribution in [1.29, 1.82) is 0 Å². The maximum absolute atomic E-state index is 12.9. The van der Waals surface area contributed by atoms with Crippen molar-refractivity contribution in [1.82, 2.24) is 14.9 Å². The predicted octanol–water partition coefficient (Wildman–Crippen LogP) is 1.10. The Morgan fingerprint density at radius 1 is 1.18 bits per heavy atom. The molecule has 1 aliphatic heterocycles. The molecule has 2 aromatic heterocycles. The quantitative estimate of drug-likeness (QED) is 0.678. The van der Waals surface area contributed by atoms with E-state index in [9.17, 15) is 14.4 Å². The van der Waals surface area contributed by atoms with Gasteiger partial charge in [-0.3, -0.25) is 19.4 Å². The predicted molar refractivity (Wildman–Crippen MR) is 103 cm³/mol. The summed E-state index contributed by atoms with van der Waals surface area (Å²) in [7, 11) is 0. The second-order valence-electron chi connectivity index (χ2n) is 6.95. The second kappa shape index (κ2) is 8.03. The molecule has 0 saturated carbocycles. The first-order chi connectivity index (χ1) is 13.3. The molecule has 1 fully saturated rings. The number of amides is 3. The van der Waals surface area contributed by atoms with Crippen LogP contribution in [0.1, 0.15) is 41.7 Å². The van der Waals surface area contributed by atoms with E-state index in [1.807, 2.05) is 13.0 Å². The lowest BCUT2D eigenvalue weighted by Gasteiger charge is -2.38. The van der Waals surface area contributed by atoms with E-state index in [0.717, 1.165) is 18.4 Å². The van der Waals surface area contributed by atoms with Crippen molar-refractivity contribution in [2.45, 2.75) is 25.8 Å².